The molecule has 0 unspecified atom stereocenters. The number of fused-ring (bicyclic) bond motifs is 9. The minimum atomic E-state index is -0.192. The van der Waals surface area contributed by atoms with Gasteiger partial charge in [-0.1, -0.05) is 117 Å². The minimum absolute atomic E-state index is 0.192. The number of pyridine rings is 1. The van der Waals surface area contributed by atoms with Crippen molar-refractivity contribution in [1.29, 1.82) is 0 Å². The summed E-state index contributed by atoms with van der Waals surface area (Å²) < 4.78 is 2.41. The maximum Gasteiger partial charge on any atom is 0.0759 e. The Hall–Kier alpha value is -5.21. The second kappa shape index (κ2) is 8.41. The van der Waals surface area contributed by atoms with E-state index in [1.807, 2.05) is 0 Å². The molecule has 0 amide bonds. The Labute approximate surface area is 244 Å². The number of hydrogen-bond donors (Lipinski definition) is 0. The molecule has 8 aromatic rings. The Morgan fingerprint density at radius 2 is 1.26 bits per heavy atom. The van der Waals surface area contributed by atoms with E-state index in [2.05, 4.69) is 152 Å². The molecule has 0 aliphatic heterocycles. The molecule has 0 fully saturated rings. The quantitative estimate of drug-likeness (QED) is 0.201. The molecule has 2 aromatic heterocycles. The number of hydrogen-bond acceptors (Lipinski definition) is 1. The lowest BCUT2D eigenvalue weighted by Gasteiger charge is -2.26. The molecule has 0 saturated carbocycles. The van der Waals surface area contributed by atoms with E-state index >= 15 is 0 Å². The van der Waals surface area contributed by atoms with Crippen LogP contribution >= 0.6 is 0 Å². The van der Waals surface area contributed by atoms with Crippen LogP contribution in [0.4, 0.5) is 0 Å². The predicted octanol–water partition coefficient (Wildman–Crippen LogP) is 10.5. The highest BCUT2D eigenvalue weighted by atomic mass is 15.0. The topological polar surface area (TPSA) is 17.8 Å². The summed E-state index contributed by atoms with van der Waals surface area (Å²) in [5, 5.41) is 6.26. The lowest BCUT2D eigenvalue weighted by Crippen LogP contribution is -2.17. The average molecular weight is 537 g/mol. The lowest BCUT2D eigenvalue weighted by molar-refractivity contribution is 0.662. The molecule has 1 aliphatic carbocycles. The molecule has 2 heterocycles. The second-order valence-electron chi connectivity index (χ2n) is 12.0. The van der Waals surface area contributed by atoms with Gasteiger partial charge in [-0.15, -0.1) is 0 Å². The molecule has 0 N–H and O–H groups in total. The first-order chi connectivity index (χ1) is 20.6. The third-order valence-electron chi connectivity index (χ3n) is 9.33. The standard InChI is InChI=1S/C40H28N2/c1-40(2)32-19-8-5-18-31(32)39-38(40)36(37-28-15-4-3-12-25(28)22-23-33(37)41-39)26-13-11-14-27(24-26)42-34-20-9-6-16-29(34)30-17-7-10-21-35(30)42/h3-24H,1-2H3. The van der Waals surface area contributed by atoms with Crippen molar-refractivity contribution in [3.63, 3.8) is 0 Å². The number of benzene rings is 6. The van der Waals surface area contributed by atoms with E-state index in [-0.39, 0.29) is 5.41 Å². The molecule has 9 rings (SSSR count). The van der Waals surface area contributed by atoms with Crippen molar-refractivity contribution < 1.29 is 0 Å². The molecule has 0 spiro atoms. The fourth-order valence-corrected chi connectivity index (χ4v) is 7.50. The molecule has 0 bridgehead atoms. The van der Waals surface area contributed by atoms with Crippen LogP contribution in [0.1, 0.15) is 25.0 Å². The van der Waals surface area contributed by atoms with Crippen LogP contribution in [0, 0.1) is 0 Å². The van der Waals surface area contributed by atoms with E-state index in [4.69, 9.17) is 4.98 Å². The molecule has 1 aliphatic rings. The molecular weight excluding hydrogens is 508 g/mol. The maximum atomic E-state index is 5.38. The maximum absolute atomic E-state index is 5.38. The first-order valence-electron chi connectivity index (χ1n) is 14.7. The highest BCUT2D eigenvalue weighted by molar-refractivity contribution is 6.16. The van der Waals surface area contributed by atoms with Crippen molar-refractivity contribution in [3.05, 3.63) is 145 Å². The van der Waals surface area contributed by atoms with Gasteiger partial charge in [0.05, 0.1) is 22.2 Å². The number of rotatable bonds is 2. The molecule has 198 valence electrons. The Morgan fingerprint density at radius 1 is 0.595 bits per heavy atom. The highest BCUT2D eigenvalue weighted by Gasteiger charge is 2.39. The number of para-hydroxylation sites is 2. The third kappa shape index (κ3) is 3.07. The largest absolute Gasteiger partial charge is 0.309 e. The Kier molecular flexibility index (Phi) is 4.70. The van der Waals surface area contributed by atoms with Crippen molar-refractivity contribution in [2.45, 2.75) is 19.3 Å². The van der Waals surface area contributed by atoms with Gasteiger partial charge in [-0.25, -0.2) is 4.98 Å². The van der Waals surface area contributed by atoms with Crippen LogP contribution in [0.5, 0.6) is 0 Å². The van der Waals surface area contributed by atoms with Crippen molar-refractivity contribution >= 4 is 43.5 Å². The van der Waals surface area contributed by atoms with Crippen molar-refractivity contribution in [2.24, 2.45) is 0 Å². The first-order valence-corrected chi connectivity index (χ1v) is 14.7. The molecule has 0 radical (unpaired) electrons. The zero-order valence-corrected chi connectivity index (χ0v) is 23.6. The molecule has 0 saturated heterocycles. The van der Waals surface area contributed by atoms with Crippen molar-refractivity contribution in [2.75, 3.05) is 0 Å². The lowest BCUT2D eigenvalue weighted by atomic mass is 9.78. The average Bonchev–Trinajstić information content (AvgIpc) is 3.49. The van der Waals surface area contributed by atoms with Gasteiger partial charge >= 0.3 is 0 Å². The first kappa shape index (κ1) is 23.5. The van der Waals surface area contributed by atoms with Gasteiger partial charge in [0.25, 0.3) is 0 Å². The smallest absolute Gasteiger partial charge is 0.0759 e. The third-order valence-corrected chi connectivity index (χ3v) is 9.33. The van der Waals surface area contributed by atoms with Gasteiger partial charge in [0.1, 0.15) is 0 Å². The van der Waals surface area contributed by atoms with Crippen LogP contribution in [0.2, 0.25) is 0 Å². The predicted molar refractivity (Wildman–Crippen MR) is 177 cm³/mol. The summed E-state index contributed by atoms with van der Waals surface area (Å²) in [5.41, 5.74) is 12.0. The molecule has 6 aromatic carbocycles. The van der Waals surface area contributed by atoms with Gasteiger partial charge in [-0.05, 0) is 63.4 Å². The molecule has 2 nitrogen and oxygen atoms in total. The van der Waals surface area contributed by atoms with Crippen LogP contribution in [-0.2, 0) is 5.41 Å². The summed E-state index contributed by atoms with van der Waals surface area (Å²) in [6.07, 6.45) is 0. The Balaban J connectivity index is 1.42. The number of aromatic nitrogens is 2. The summed E-state index contributed by atoms with van der Waals surface area (Å²) >= 11 is 0. The van der Waals surface area contributed by atoms with Crippen LogP contribution in [0.3, 0.4) is 0 Å². The Bertz CT molecular complexity index is 2340. The van der Waals surface area contributed by atoms with Gasteiger partial charge < -0.3 is 4.57 Å². The molecular formula is C40H28N2. The van der Waals surface area contributed by atoms with E-state index in [0.29, 0.717) is 0 Å². The summed E-state index contributed by atoms with van der Waals surface area (Å²) in [6.45, 7) is 4.72. The van der Waals surface area contributed by atoms with Gasteiger partial charge in [-0.2, -0.15) is 0 Å². The fourth-order valence-electron chi connectivity index (χ4n) is 7.50. The van der Waals surface area contributed by atoms with E-state index in [1.54, 1.807) is 0 Å². The molecule has 2 heteroatoms. The zero-order valence-electron chi connectivity index (χ0n) is 23.6. The molecule has 42 heavy (non-hydrogen) atoms. The van der Waals surface area contributed by atoms with E-state index in [9.17, 15) is 0 Å². The summed E-state index contributed by atoms with van der Waals surface area (Å²) in [5.74, 6) is 0. The summed E-state index contributed by atoms with van der Waals surface area (Å²) in [6, 6.07) is 48.5. The van der Waals surface area contributed by atoms with Crippen molar-refractivity contribution in [3.8, 4) is 28.1 Å². The fraction of sp³-hybridized carbons (Fsp3) is 0.0750. The van der Waals surface area contributed by atoms with E-state index in [0.717, 1.165) is 16.9 Å². The molecule has 0 atom stereocenters. The SMILES string of the molecule is CC1(C)c2ccccc2-c2nc3ccc4ccccc4c3c(-c3cccc(-n4c5ccccc5c5ccccc54)c3)c21. The summed E-state index contributed by atoms with van der Waals surface area (Å²) in [7, 11) is 0. The highest BCUT2D eigenvalue weighted by Crippen LogP contribution is 2.54. The Morgan fingerprint density at radius 3 is 2.05 bits per heavy atom. The van der Waals surface area contributed by atoms with Crippen LogP contribution in [0.15, 0.2) is 133 Å². The normalized spacial score (nSPS) is 13.7. The van der Waals surface area contributed by atoms with Crippen LogP contribution in [-0.4, -0.2) is 9.55 Å². The van der Waals surface area contributed by atoms with Gasteiger partial charge in [0.15, 0.2) is 0 Å². The van der Waals surface area contributed by atoms with E-state index < -0.39 is 0 Å². The van der Waals surface area contributed by atoms with Crippen molar-refractivity contribution in [1.82, 2.24) is 9.55 Å². The second-order valence-corrected chi connectivity index (χ2v) is 12.0. The van der Waals surface area contributed by atoms with Gasteiger partial charge in [-0.3, -0.25) is 0 Å². The summed E-state index contributed by atoms with van der Waals surface area (Å²) in [4.78, 5) is 5.38. The van der Waals surface area contributed by atoms with E-state index in [1.165, 1.54) is 65.8 Å². The van der Waals surface area contributed by atoms with Crippen LogP contribution < -0.4 is 0 Å². The van der Waals surface area contributed by atoms with Gasteiger partial charge in [0, 0.05) is 32.8 Å². The monoisotopic (exact) mass is 536 g/mol. The zero-order chi connectivity index (χ0) is 28.0. The minimum Gasteiger partial charge on any atom is -0.309 e. The number of nitrogens with zero attached hydrogens (tertiary/aromatic N) is 2. The van der Waals surface area contributed by atoms with Gasteiger partial charge in [0.2, 0.25) is 0 Å². The van der Waals surface area contributed by atoms with Crippen LogP contribution in [0.25, 0.3) is 71.6 Å².